The van der Waals surface area contributed by atoms with E-state index < -0.39 is 7.82 Å². The van der Waals surface area contributed by atoms with Gasteiger partial charge in [-0.05, 0) is 20.8 Å². The second kappa shape index (κ2) is 8.06. The van der Waals surface area contributed by atoms with Crippen LogP contribution in [0.2, 0.25) is 0 Å². The maximum absolute atomic E-state index is 11.8. The van der Waals surface area contributed by atoms with E-state index in [4.69, 9.17) is 15.6 Å². The summed E-state index contributed by atoms with van der Waals surface area (Å²) in [7, 11) is -4.41. The molecule has 0 bridgehead atoms. The molecule has 0 heterocycles. The summed E-state index contributed by atoms with van der Waals surface area (Å²) in [4.78, 5) is 0. The minimum absolute atomic E-state index is 0.0359. The molecule has 0 aromatic rings. The molecule has 0 aliphatic rings. The zero-order valence-electron chi connectivity index (χ0n) is 9.88. The van der Waals surface area contributed by atoms with Gasteiger partial charge in [0.15, 0.2) is 0 Å². The van der Waals surface area contributed by atoms with Crippen molar-refractivity contribution in [2.75, 3.05) is 19.6 Å². The Morgan fingerprint density at radius 2 is 1.06 bits per heavy atom. The molecule has 11 heteroatoms. The topological polar surface area (TPSA) is 115 Å². The van der Waals surface area contributed by atoms with E-state index >= 15 is 0 Å². The molecule has 0 saturated heterocycles. The molecule has 0 spiro atoms. The summed E-state index contributed by atoms with van der Waals surface area (Å²) in [5, 5.41) is 27.7. The Balaban J connectivity index is 4.62. The van der Waals surface area contributed by atoms with Crippen LogP contribution in [0.4, 0.5) is 0 Å². The summed E-state index contributed by atoms with van der Waals surface area (Å²) in [5.74, 6) is 0. The van der Waals surface area contributed by atoms with Crippen LogP contribution in [0, 0.1) is 0 Å². The lowest BCUT2D eigenvalue weighted by Gasteiger charge is -2.24. The molecule has 0 aromatic carbocycles. The normalized spacial score (nSPS) is 13.0. The van der Waals surface area contributed by atoms with Crippen molar-refractivity contribution in [3.63, 3.8) is 0 Å². The summed E-state index contributed by atoms with van der Waals surface area (Å²) in [5.41, 5.74) is 0. The second-order valence-corrected chi connectivity index (χ2v) is 4.08. The van der Waals surface area contributed by atoms with Crippen LogP contribution in [-0.2, 0) is 18.4 Å². The molecule has 0 aliphatic carbocycles. The van der Waals surface area contributed by atoms with Gasteiger partial charge in [-0.1, -0.05) is 15.7 Å². The van der Waals surface area contributed by atoms with Crippen molar-refractivity contribution in [2.45, 2.75) is 20.8 Å². The Morgan fingerprint density at radius 1 is 0.824 bits per heavy atom. The maximum Gasteiger partial charge on any atom is 0.531 e. The third-order valence-electron chi connectivity index (χ3n) is 1.39. The fourth-order valence-electron chi connectivity index (χ4n) is 0.564. The molecule has 0 aromatic heterocycles. The molecule has 104 valence electrons. The highest BCUT2D eigenvalue weighted by molar-refractivity contribution is 7.48. The average Bonchev–Trinajstić information content (AvgIpc) is 2.27. The van der Waals surface area contributed by atoms with Crippen LogP contribution in [0.15, 0.2) is 0 Å². The first kappa shape index (κ1) is 16.9. The van der Waals surface area contributed by atoms with Gasteiger partial charge in [-0.15, -0.1) is 0 Å². The summed E-state index contributed by atoms with van der Waals surface area (Å²) in [6.07, 6.45) is 0. The third kappa shape index (κ3) is 7.01. The van der Waals surface area contributed by atoms with Gasteiger partial charge in [0.1, 0.15) is 0 Å². The molecule has 0 amide bonds. The Labute approximate surface area is 98.8 Å². The number of hydrogen-bond acceptors (Lipinski definition) is 10. The van der Waals surface area contributed by atoms with Gasteiger partial charge in [0.2, 0.25) is 0 Å². The van der Waals surface area contributed by atoms with Gasteiger partial charge in [0.05, 0.1) is 0 Å². The largest absolute Gasteiger partial charge is 0.531 e. The van der Waals surface area contributed by atoms with E-state index in [1.165, 1.54) is 20.8 Å². The Bertz CT molecular complexity index is 218. The van der Waals surface area contributed by atoms with Crippen molar-refractivity contribution in [3.05, 3.63) is 0 Å². The van der Waals surface area contributed by atoms with Crippen molar-refractivity contribution >= 4 is 7.82 Å². The maximum atomic E-state index is 11.8. The SMILES string of the molecule is CCN(O)OP(=O)(ON(O)CC)ON(O)CC. The van der Waals surface area contributed by atoms with E-state index in [1.807, 2.05) is 0 Å². The smallest absolute Gasteiger partial charge is 0.289 e. The fraction of sp³-hybridized carbons (Fsp3) is 1.00. The number of phosphoric acid groups is 1. The predicted octanol–water partition coefficient (Wildman–Crippen LogP) is 1.02. The highest BCUT2D eigenvalue weighted by Gasteiger charge is 2.36. The molecule has 0 aliphatic heterocycles. The minimum Gasteiger partial charge on any atom is -0.289 e. The number of hydroxylamine groups is 6. The van der Waals surface area contributed by atoms with Crippen LogP contribution in [-0.4, -0.2) is 50.9 Å². The monoisotopic (exact) mass is 275 g/mol. The molecule has 0 atom stereocenters. The van der Waals surface area contributed by atoms with E-state index in [0.717, 1.165) is 0 Å². The minimum atomic E-state index is -4.41. The zero-order chi connectivity index (χ0) is 13.5. The average molecular weight is 275 g/mol. The highest BCUT2D eigenvalue weighted by atomic mass is 31.2. The molecule has 0 rings (SSSR count). The molecule has 10 nitrogen and oxygen atoms in total. The van der Waals surface area contributed by atoms with Crippen molar-refractivity contribution in [1.82, 2.24) is 15.7 Å². The Morgan fingerprint density at radius 3 is 1.24 bits per heavy atom. The molecule has 0 saturated carbocycles. The van der Waals surface area contributed by atoms with Gasteiger partial charge < -0.3 is 0 Å². The Kier molecular flexibility index (Phi) is 8.00. The summed E-state index contributed by atoms with van der Waals surface area (Å²) < 4.78 is 25.1. The van der Waals surface area contributed by atoms with Gasteiger partial charge in [0.25, 0.3) is 0 Å². The summed E-state index contributed by atoms with van der Waals surface area (Å²) >= 11 is 0. The predicted molar refractivity (Wildman–Crippen MR) is 53.4 cm³/mol. The lowest BCUT2D eigenvalue weighted by atomic mass is 10.8. The molecule has 3 N–H and O–H groups in total. The van der Waals surface area contributed by atoms with Crippen molar-refractivity contribution < 1.29 is 34.1 Å². The quantitative estimate of drug-likeness (QED) is 0.416. The van der Waals surface area contributed by atoms with Crippen LogP contribution in [0.3, 0.4) is 0 Å². The number of rotatable bonds is 9. The molecule has 17 heavy (non-hydrogen) atoms. The van der Waals surface area contributed by atoms with E-state index in [0.29, 0.717) is 0 Å². The van der Waals surface area contributed by atoms with Crippen LogP contribution < -0.4 is 0 Å². The molecule has 0 radical (unpaired) electrons. The number of hydrogen-bond donors (Lipinski definition) is 3. The van der Waals surface area contributed by atoms with Gasteiger partial charge in [0, 0.05) is 19.6 Å². The van der Waals surface area contributed by atoms with Crippen LogP contribution >= 0.6 is 7.82 Å². The van der Waals surface area contributed by atoms with Crippen molar-refractivity contribution in [1.29, 1.82) is 0 Å². The van der Waals surface area contributed by atoms with E-state index in [-0.39, 0.29) is 35.3 Å². The molecule has 0 fully saturated rings. The van der Waals surface area contributed by atoms with Crippen LogP contribution in [0.25, 0.3) is 0 Å². The summed E-state index contributed by atoms with van der Waals surface area (Å²) in [6, 6.07) is 0. The van der Waals surface area contributed by atoms with Crippen molar-refractivity contribution in [2.24, 2.45) is 0 Å². The Hall–Kier alpha value is -0.130. The van der Waals surface area contributed by atoms with E-state index in [2.05, 4.69) is 13.9 Å². The van der Waals surface area contributed by atoms with Crippen LogP contribution in [0.5, 0.6) is 0 Å². The van der Waals surface area contributed by atoms with Crippen LogP contribution in [0.1, 0.15) is 20.8 Å². The number of nitrogens with zero attached hydrogens (tertiary/aromatic N) is 3. The van der Waals surface area contributed by atoms with Gasteiger partial charge in [-0.2, -0.15) is 13.9 Å². The molecular weight excluding hydrogens is 257 g/mol. The first-order valence-corrected chi connectivity index (χ1v) is 6.41. The molecular formula is C6H18N3O7P. The second-order valence-electron chi connectivity index (χ2n) is 2.70. The fourth-order valence-corrected chi connectivity index (χ4v) is 1.69. The first-order valence-electron chi connectivity index (χ1n) is 4.95. The van der Waals surface area contributed by atoms with Crippen molar-refractivity contribution in [3.8, 4) is 0 Å². The van der Waals surface area contributed by atoms with Gasteiger partial charge in [-0.25, -0.2) is 4.57 Å². The first-order chi connectivity index (χ1) is 7.86. The lowest BCUT2D eigenvalue weighted by molar-refractivity contribution is -0.359. The standard InChI is InChI=1S/C6H18N3O7P/c1-4-7(10)14-17(13,15-8(11)5-2)16-9(12)6-3/h10-12H,4-6H2,1-3H3. The van der Waals surface area contributed by atoms with E-state index in [9.17, 15) is 4.57 Å². The third-order valence-corrected chi connectivity index (χ3v) is 2.56. The highest BCUT2D eigenvalue weighted by Crippen LogP contribution is 2.50. The van der Waals surface area contributed by atoms with Gasteiger partial charge >= 0.3 is 7.82 Å². The lowest BCUT2D eigenvalue weighted by Crippen LogP contribution is -2.27. The zero-order valence-corrected chi connectivity index (χ0v) is 10.8. The summed E-state index contributed by atoms with van der Waals surface area (Å²) in [6.45, 7) is 4.38. The van der Waals surface area contributed by atoms with E-state index in [1.54, 1.807) is 0 Å². The van der Waals surface area contributed by atoms with Gasteiger partial charge in [-0.3, -0.25) is 15.6 Å². The molecule has 0 unspecified atom stereocenters.